The van der Waals surface area contributed by atoms with Gasteiger partial charge in [0.25, 0.3) is 0 Å². The molecule has 0 aromatic carbocycles. The molecule has 0 amide bonds. The first-order valence-corrected chi connectivity index (χ1v) is 4.36. The summed E-state index contributed by atoms with van der Waals surface area (Å²) in [7, 11) is 0. The van der Waals surface area contributed by atoms with Gasteiger partial charge in [-0.2, -0.15) is 0 Å². The van der Waals surface area contributed by atoms with Crippen molar-refractivity contribution in [2.24, 2.45) is 5.84 Å². The Morgan fingerprint density at radius 1 is 1.62 bits per heavy atom. The van der Waals surface area contributed by atoms with E-state index in [9.17, 15) is 0 Å². The van der Waals surface area contributed by atoms with Gasteiger partial charge in [-0.1, -0.05) is 12.1 Å². The van der Waals surface area contributed by atoms with Crippen molar-refractivity contribution in [3.63, 3.8) is 0 Å². The number of allylic oxidation sites excluding steroid dienone is 1. The Kier molecular flexibility index (Phi) is 4.15. The first-order valence-electron chi connectivity index (χ1n) is 4.36. The molecule has 0 aliphatic rings. The molecule has 13 heavy (non-hydrogen) atoms. The lowest BCUT2D eigenvalue weighted by Gasteiger charge is -2.13. The highest BCUT2D eigenvalue weighted by Gasteiger charge is 2.08. The van der Waals surface area contributed by atoms with Crippen molar-refractivity contribution in [3.8, 4) is 0 Å². The topological polar surface area (TPSA) is 50.9 Å². The van der Waals surface area contributed by atoms with Gasteiger partial charge in [-0.25, -0.2) is 0 Å². The number of aromatic nitrogens is 1. The van der Waals surface area contributed by atoms with E-state index < -0.39 is 0 Å². The predicted molar refractivity (Wildman–Crippen MR) is 53.7 cm³/mol. The molecular formula is C10H15N3. The minimum atomic E-state index is 0.124. The lowest BCUT2D eigenvalue weighted by molar-refractivity contribution is 0.509. The van der Waals surface area contributed by atoms with Crippen LogP contribution in [0.15, 0.2) is 37.1 Å². The van der Waals surface area contributed by atoms with E-state index in [1.165, 1.54) is 0 Å². The average Bonchev–Trinajstić information content (AvgIpc) is 2.21. The van der Waals surface area contributed by atoms with E-state index in [-0.39, 0.29) is 6.04 Å². The van der Waals surface area contributed by atoms with Gasteiger partial charge in [-0.3, -0.25) is 16.3 Å². The molecule has 0 saturated carbocycles. The number of nitrogens with one attached hydrogen (secondary N) is 1. The molecule has 0 bridgehead atoms. The van der Waals surface area contributed by atoms with Crippen LogP contribution in [0.2, 0.25) is 0 Å². The SMILES string of the molecule is C=CCCC(NN)c1ccccn1. The molecule has 70 valence electrons. The van der Waals surface area contributed by atoms with E-state index >= 15 is 0 Å². The Morgan fingerprint density at radius 3 is 3.00 bits per heavy atom. The van der Waals surface area contributed by atoms with Crippen molar-refractivity contribution in [2.45, 2.75) is 18.9 Å². The maximum atomic E-state index is 5.42. The number of nitrogens with zero attached hydrogens (tertiary/aromatic N) is 1. The summed E-state index contributed by atoms with van der Waals surface area (Å²) >= 11 is 0. The minimum absolute atomic E-state index is 0.124. The van der Waals surface area contributed by atoms with Crippen LogP contribution in [0.5, 0.6) is 0 Å². The Bertz CT molecular complexity index is 246. The van der Waals surface area contributed by atoms with Gasteiger partial charge in [-0.15, -0.1) is 6.58 Å². The molecule has 1 aromatic rings. The molecule has 0 saturated heterocycles. The summed E-state index contributed by atoms with van der Waals surface area (Å²) in [5.41, 5.74) is 3.72. The van der Waals surface area contributed by atoms with E-state index in [0.717, 1.165) is 18.5 Å². The molecular weight excluding hydrogens is 162 g/mol. The zero-order valence-corrected chi connectivity index (χ0v) is 7.61. The summed E-state index contributed by atoms with van der Waals surface area (Å²) in [5, 5.41) is 0. The van der Waals surface area contributed by atoms with E-state index in [1.54, 1.807) is 6.20 Å². The van der Waals surface area contributed by atoms with Crippen molar-refractivity contribution in [3.05, 3.63) is 42.7 Å². The molecule has 0 aliphatic heterocycles. The van der Waals surface area contributed by atoms with Crippen LogP contribution in [-0.4, -0.2) is 4.98 Å². The van der Waals surface area contributed by atoms with Crippen LogP contribution in [0.1, 0.15) is 24.6 Å². The molecule has 1 heterocycles. The highest BCUT2D eigenvalue weighted by molar-refractivity contribution is 5.08. The van der Waals surface area contributed by atoms with Crippen LogP contribution >= 0.6 is 0 Å². The Morgan fingerprint density at radius 2 is 2.46 bits per heavy atom. The molecule has 1 unspecified atom stereocenters. The molecule has 1 aromatic heterocycles. The van der Waals surface area contributed by atoms with Gasteiger partial charge in [-0.05, 0) is 25.0 Å². The van der Waals surface area contributed by atoms with Gasteiger partial charge >= 0.3 is 0 Å². The lowest BCUT2D eigenvalue weighted by Crippen LogP contribution is -2.28. The maximum absolute atomic E-state index is 5.42. The maximum Gasteiger partial charge on any atom is 0.0635 e. The van der Waals surface area contributed by atoms with Crippen LogP contribution in [0, 0.1) is 0 Å². The highest BCUT2D eigenvalue weighted by atomic mass is 15.2. The fourth-order valence-electron chi connectivity index (χ4n) is 1.18. The molecule has 0 spiro atoms. The monoisotopic (exact) mass is 177 g/mol. The zero-order valence-electron chi connectivity index (χ0n) is 7.61. The number of rotatable bonds is 5. The van der Waals surface area contributed by atoms with E-state index in [2.05, 4.69) is 17.0 Å². The average molecular weight is 177 g/mol. The molecule has 0 aliphatic carbocycles. The normalized spacial score (nSPS) is 12.4. The van der Waals surface area contributed by atoms with Crippen molar-refractivity contribution in [1.29, 1.82) is 0 Å². The third-order valence-electron chi connectivity index (χ3n) is 1.91. The molecule has 0 fully saturated rings. The fourth-order valence-corrected chi connectivity index (χ4v) is 1.18. The first-order chi connectivity index (χ1) is 6.38. The summed E-state index contributed by atoms with van der Waals surface area (Å²) in [6.45, 7) is 3.67. The van der Waals surface area contributed by atoms with Gasteiger partial charge in [0.2, 0.25) is 0 Å². The summed E-state index contributed by atoms with van der Waals surface area (Å²) in [4.78, 5) is 4.23. The number of pyridine rings is 1. The van der Waals surface area contributed by atoms with Crippen molar-refractivity contribution in [1.82, 2.24) is 10.4 Å². The summed E-state index contributed by atoms with van der Waals surface area (Å²) in [5.74, 6) is 5.42. The van der Waals surface area contributed by atoms with Crippen LogP contribution in [-0.2, 0) is 0 Å². The molecule has 3 N–H and O–H groups in total. The van der Waals surface area contributed by atoms with Gasteiger partial charge in [0.15, 0.2) is 0 Å². The second-order valence-corrected chi connectivity index (χ2v) is 2.84. The number of hydrazine groups is 1. The number of hydrogen-bond acceptors (Lipinski definition) is 3. The third kappa shape index (κ3) is 2.97. The Balaban J connectivity index is 2.61. The summed E-state index contributed by atoms with van der Waals surface area (Å²) < 4.78 is 0. The van der Waals surface area contributed by atoms with E-state index in [4.69, 9.17) is 5.84 Å². The Hall–Kier alpha value is -1.19. The van der Waals surface area contributed by atoms with Crippen molar-refractivity contribution >= 4 is 0 Å². The summed E-state index contributed by atoms with van der Waals surface area (Å²) in [6.07, 6.45) is 5.52. The third-order valence-corrected chi connectivity index (χ3v) is 1.91. The van der Waals surface area contributed by atoms with Crippen molar-refractivity contribution in [2.75, 3.05) is 0 Å². The molecule has 1 rings (SSSR count). The van der Waals surface area contributed by atoms with Gasteiger partial charge in [0, 0.05) is 6.20 Å². The molecule has 0 radical (unpaired) electrons. The molecule has 3 heteroatoms. The summed E-state index contributed by atoms with van der Waals surface area (Å²) in [6, 6.07) is 5.94. The fraction of sp³-hybridized carbons (Fsp3) is 0.300. The van der Waals surface area contributed by atoms with E-state index in [1.807, 2.05) is 24.3 Å². The standard InChI is InChI=1S/C10H15N3/c1-2-3-6-10(13-11)9-7-4-5-8-12-9/h2,4-5,7-8,10,13H,1,3,6,11H2. The second-order valence-electron chi connectivity index (χ2n) is 2.84. The van der Waals surface area contributed by atoms with Crippen LogP contribution in [0.3, 0.4) is 0 Å². The molecule has 1 atom stereocenters. The largest absolute Gasteiger partial charge is 0.271 e. The minimum Gasteiger partial charge on any atom is -0.271 e. The lowest BCUT2D eigenvalue weighted by atomic mass is 10.1. The van der Waals surface area contributed by atoms with E-state index in [0.29, 0.717) is 0 Å². The zero-order chi connectivity index (χ0) is 9.52. The quantitative estimate of drug-likeness (QED) is 0.407. The second kappa shape index (κ2) is 5.45. The number of nitrogens with two attached hydrogens (primary N) is 1. The van der Waals surface area contributed by atoms with Crippen LogP contribution < -0.4 is 11.3 Å². The smallest absolute Gasteiger partial charge is 0.0635 e. The van der Waals surface area contributed by atoms with Gasteiger partial charge in [0.1, 0.15) is 0 Å². The van der Waals surface area contributed by atoms with Crippen LogP contribution in [0.25, 0.3) is 0 Å². The van der Waals surface area contributed by atoms with Crippen molar-refractivity contribution < 1.29 is 0 Å². The Labute approximate surface area is 78.6 Å². The molecule has 3 nitrogen and oxygen atoms in total. The van der Waals surface area contributed by atoms with Crippen LogP contribution in [0.4, 0.5) is 0 Å². The first kappa shape index (κ1) is 9.89. The predicted octanol–water partition coefficient (Wildman–Crippen LogP) is 1.55. The number of hydrogen-bond donors (Lipinski definition) is 2. The van der Waals surface area contributed by atoms with Gasteiger partial charge in [0.05, 0.1) is 11.7 Å². The highest BCUT2D eigenvalue weighted by Crippen LogP contribution is 2.14. The van der Waals surface area contributed by atoms with Gasteiger partial charge < -0.3 is 0 Å².